The van der Waals surface area contributed by atoms with Crippen LogP contribution in [-0.2, 0) is 19.0 Å². The highest BCUT2D eigenvalue weighted by Gasteiger charge is 2.60. The molecular formula is C15H24O4. The maximum Gasteiger partial charge on any atom is 0.335 e. The van der Waals surface area contributed by atoms with Crippen molar-refractivity contribution in [3.63, 3.8) is 0 Å². The van der Waals surface area contributed by atoms with Crippen molar-refractivity contribution in [1.29, 1.82) is 0 Å². The first kappa shape index (κ1) is 14.5. The Labute approximate surface area is 115 Å². The second-order valence-corrected chi connectivity index (χ2v) is 5.49. The summed E-state index contributed by atoms with van der Waals surface area (Å²) in [5, 5.41) is 0. The number of hydrogen-bond acceptors (Lipinski definition) is 4. The Bertz CT molecular complexity index is 340. The van der Waals surface area contributed by atoms with Crippen LogP contribution in [0.25, 0.3) is 0 Å². The quantitative estimate of drug-likeness (QED) is 0.549. The molecule has 0 aromatic rings. The van der Waals surface area contributed by atoms with E-state index in [1.807, 2.05) is 6.08 Å². The fraction of sp³-hybridized carbons (Fsp3) is 0.800. The minimum atomic E-state index is -0.618. The summed E-state index contributed by atoms with van der Waals surface area (Å²) >= 11 is 0. The van der Waals surface area contributed by atoms with Crippen LogP contribution in [0.15, 0.2) is 12.7 Å². The number of carbonyl (C=O) groups is 1. The van der Waals surface area contributed by atoms with Gasteiger partial charge in [-0.2, -0.15) is 0 Å². The maximum atomic E-state index is 11.8. The summed E-state index contributed by atoms with van der Waals surface area (Å²) in [6.45, 7) is 8.46. The number of hydrogen-bond donors (Lipinski definition) is 0. The van der Waals surface area contributed by atoms with E-state index >= 15 is 0 Å². The lowest BCUT2D eigenvalue weighted by atomic mass is 9.77. The number of rotatable bonds is 6. The summed E-state index contributed by atoms with van der Waals surface area (Å²) in [4.78, 5) is 11.8. The Balaban J connectivity index is 2.12. The van der Waals surface area contributed by atoms with E-state index in [1.54, 1.807) is 13.8 Å². The van der Waals surface area contributed by atoms with E-state index in [1.165, 1.54) is 0 Å². The Morgan fingerprint density at radius 1 is 1.47 bits per heavy atom. The van der Waals surface area contributed by atoms with Crippen molar-refractivity contribution in [3.05, 3.63) is 12.7 Å². The van der Waals surface area contributed by atoms with Crippen molar-refractivity contribution >= 4 is 5.97 Å². The molecule has 1 saturated heterocycles. The van der Waals surface area contributed by atoms with E-state index < -0.39 is 11.9 Å². The maximum absolute atomic E-state index is 11.8. The van der Waals surface area contributed by atoms with Crippen molar-refractivity contribution in [3.8, 4) is 0 Å². The molecule has 0 amide bonds. The van der Waals surface area contributed by atoms with Gasteiger partial charge in [0.1, 0.15) is 0 Å². The van der Waals surface area contributed by atoms with Crippen LogP contribution < -0.4 is 0 Å². The lowest BCUT2D eigenvalue weighted by Gasteiger charge is -2.39. The monoisotopic (exact) mass is 268 g/mol. The van der Waals surface area contributed by atoms with Crippen molar-refractivity contribution in [2.24, 2.45) is 5.41 Å². The summed E-state index contributed by atoms with van der Waals surface area (Å²) < 4.78 is 17.0. The van der Waals surface area contributed by atoms with Crippen molar-refractivity contribution < 1.29 is 19.0 Å². The smallest absolute Gasteiger partial charge is 0.335 e. The molecule has 0 aromatic carbocycles. The van der Waals surface area contributed by atoms with Gasteiger partial charge in [-0.05, 0) is 39.5 Å². The van der Waals surface area contributed by atoms with E-state index in [2.05, 4.69) is 6.58 Å². The van der Waals surface area contributed by atoms with Gasteiger partial charge in [-0.15, -0.1) is 6.58 Å². The zero-order valence-corrected chi connectivity index (χ0v) is 11.9. The third-order valence-electron chi connectivity index (χ3n) is 4.41. The summed E-state index contributed by atoms with van der Waals surface area (Å²) in [5.74, 6) is -0.931. The summed E-state index contributed by atoms with van der Waals surface area (Å²) in [7, 11) is 0. The average molecular weight is 268 g/mol. The van der Waals surface area contributed by atoms with Crippen LogP contribution in [0.1, 0.15) is 46.0 Å². The Hall–Kier alpha value is -0.870. The standard InChI is InChI=1S/C15H24O4/c1-4-7-14-8-6-9-15(14,18-11-10-14)19-12(3)13(16)17-5-2/h4,12H,1,5-11H2,2-3H3/t12-,14-,15+/m0/s1. The molecule has 19 heavy (non-hydrogen) atoms. The van der Waals surface area contributed by atoms with Gasteiger partial charge < -0.3 is 14.2 Å². The largest absolute Gasteiger partial charge is 0.464 e. The number of fused-ring (bicyclic) bond motifs is 1. The first-order chi connectivity index (χ1) is 9.09. The fourth-order valence-corrected chi connectivity index (χ4v) is 3.51. The van der Waals surface area contributed by atoms with E-state index in [9.17, 15) is 4.79 Å². The molecule has 1 aliphatic carbocycles. The van der Waals surface area contributed by atoms with Gasteiger partial charge in [0.25, 0.3) is 0 Å². The van der Waals surface area contributed by atoms with E-state index in [0.717, 1.165) is 32.1 Å². The molecule has 1 aliphatic heterocycles. The number of esters is 1. The Morgan fingerprint density at radius 2 is 2.26 bits per heavy atom. The molecule has 1 saturated carbocycles. The van der Waals surface area contributed by atoms with Gasteiger partial charge in [0.2, 0.25) is 0 Å². The molecule has 1 heterocycles. The van der Waals surface area contributed by atoms with Crippen LogP contribution in [0.3, 0.4) is 0 Å². The molecule has 0 spiro atoms. The van der Waals surface area contributed by atoms with Crippen LogP contribution in [0.5, 0.6) is 0 Å². The van der Waals surface area contributed by atoms with Gasteiger partial charge in [0.05, 0.1) is 13.2 Å². The molecule has 2 aliphatic rings. The third kappa shape index (κ3) is 2.43. The first-order valence-electron chi connectivity index (χ1n) is 7.18. The number of allylic oxidation sites excluding steroid dienone is 1. The second-order valence-electron chi connectivity index (χ2n) is 5.49. The van der Waals surface area contributed by atoms with Gasteiger partial charge in [0.15, 0.2) is 11.9 Å². The molecule has 4 nitrogen and oxygen atoms in total. The molecular weight excluding hydrogens is 244 g/mol. The topological polar surface area (TPSA) is 44.8 Å². The van der Waals surface area contributed by atoms with Gasteiger partial charge in [-0.1, -0.05) is 6.08 Å². The van der Waals surface area contributed by atoms with Crippen LogP contribution in [0.4, 0.5) is 0 Å². The number of carbonyl (C=O) groups excluding carboxylic acids is 1. The van der Waals surface area contributed by atoms with E-state index in [4.69, 9.17) is 14.2 Å². The molecule has 0 radical (unpaired) electrons. The van der Waals surface area contributed by atoms with E-state index in [-0.39, 0.29) is 11.4 Å². The second kappa shape index (κ2) is 5.63. The lowest BCUT2D eigenvalue weighted by molar-refractivity contribution is -0.266. The molecule has 3 atom stereocenters. The zero-order valence-electron chi connectivity index (χ0n) is 11.9. The predicted octanol–water partition coefficient (Wildman–Crippen LogP) is 2.82. The Morgan fingerprint density at radius 3 is 2.95 bits per heavy atom. The van der Waals surface area contributed by atoms with E-state index in [0.29, 0.717) is 13.2 Å². The average Bonchev–Trinajstić information content (AvgIpc) is 2.84. The van der Waals surface area contributed by atoms with Crippen LogP contribution in [0, 0.1) is 5.41 Å². The molecule has 108 valence electrons. The summed E-state index contributed by atoms with van der Waals surface area (Å²) in [6, 6.07) is 0. The molecule has 0 bridgehead atoms. The predicted molar refractivity (Wildman–Crippen MR) is 71.6 cm³/mol. The number of ether oxygens (including phenoxy) is 3. The van der Waals surface area contributed by atoms with Crippen LogP contribution in [0.2, 0.25) is 0 Å². The third-order valence-corrected chi connectivity index (χ3v) is 4.41. The highest BCUT2D eigenvalue weighted by atomic mass is 16.7. The highest BCUT2D eigenvalue weighted by molar-refractivity contribution is 5.74. The van der Waals surface area contributed by atoms with Crippen LogP contribution >= 0.6 is 0 Å². The lowest BCUT2D eigenvalue weighted by Crippen LogP contribution is -2.46. The minimum absolute atomic E-state index is 0.00446. The summed E-state index contributed by atoms with van der Waals surface area (Å²) in [5.41, 5.74) is -0.00446. The van der Waals surface area contributed by atoms with Crippen molar-refractivity contribution in [1.82, 2.24) is 0 Å². The molecule has 2 rings (SSSR count). The molecule has 4 heteroatoms. The Kier molecular flexibility index (Phi) is 4.31. The molecule has 2 fully saturated rings. The van der Waals surface area contributed by atoms with Gasteiger partial charge in [0, 0.05) is 11.8 Å². The van der Waals surface area contributed by atoms with Gasteiger partial charge in [-0.3, -0.25) is 0 Å². The summed E-state index contributed by atoms with van der Waals surface area (Å²) in [6.07, 6.45) is 6.22. The normalized spacial score (nSPS) is 34.8. The van der Waals surface area contributed by atoms with Crippen LogP contribution in [-0.4, -0.2) is 31.1 Å². The van der Waals surface area contributed by atoms with Crippen molar-refractivity contribution in [2.45, 2.75) is 57.8 Å². The first-order valence-corrected chi connectivity index (χ1v) is 7.18. The SMILES string of the molecule is C=CC[C@@]12CCC[C@]1(O[C@@H](C)C(=O)OCC)OCC2. The minimum Gasteiger partial charge on any atom is -0.464 e. The zero-order chi connectivity index (χ0) is 13.9. The van der Waals surface area contributed by atoms with Gasteiger partial charge in [-0.25, -0.2) is 4.79 Å². The molecule has 0 N–H and O–H groups in total. The van der Waals surface area contributed by atoms with Crippen molar-refractivity contribution in [2.75, 3.05) is 13.2 Å². The highest BCUT2D eigenvalue weighted by Crippen LogP contribution is 2.58. The fourth-order valence-electron chi connectivity index (χ4n) is 3.51. The van der Waals surface area contributed by atoms with Gasteiger partial charge >= 0.3 is 5.97 Å². The molecule has 0 aromatic heterocycles. The molecule has 0 unspecified atom stereocenters.